The van der Waals surface area contributed by atoms with Crippen LogP contribution in [0.2, 0.25) is 0 Å². The highest BCUT2D eigenvalue weighted by atomic mass is 35.5. The zero-order valence-electron chi connectivity index (χ0n) is 21.2. The first-order valence-electron chi connectivity index (χ1n) is 12.9. The second-order valence-corrected chi connectivity index (χ2v) is 9.47. The summed E-state index contributed by atoms with van der Waals surface area (Å²) in [5.74, 6) is 0.207. The number of carbonyl (C=O) groups is 1. The quantitative estimate of drug-likeness (QED) is 0.171. The number of halogens is 1. The van der Waals surface area contributed by atoms with Gasteiger partial charge in [-0.15, -0.1) is 12.4 Å². The lowest BCUT2D eigenvalue weighted by atomic mass is 9.90. The molecule has 2 aromatic carbocycles. The molecule has 1 unspecified atom stereocenters. The first kappa shape index (κ1) is 29.5. The fraction of sp³-hybridized carbons (Fsp3) is 0.621. The van der Waals surface area contributed by atoms with Crippen molar-refractivity contribution in [3.8, 4) is 0 Å². The van der Waals surface area contributed by atoms with Crippen molar-refractivity contribution in [2.24, 2.45) is 0 Å². The van der Waals surface area contributed by atoms with Crippen LogP contribution in [0.25, 0.3) is 10.8 Å². The van der Waals surface area contributed by atoms with Gasteiger partial charge in [-0.05, 0) is 56.2 Å². The standard InChI is InChI=1S/C29H45NO2.ClH/c1-4-5-6-7-8-9-10-11-12-22-29(31)32-24-26(19-16-23-30(2)3)28-21-15-18-25-17-13-14-20-27(25)28;/h13-15,17-18,20-21,26H,4-12,16,19,22-24H2,1-3H3;1H. The van der Waals surface area contributed by atoms with E-state index in [1.54, 1.807) is 0 Å². The Labute approximate surface area is 208 Å². The van der Waals surface area contributed by atoms with Gasteiger partial charge < -0.3 is 9.64 Å². The largest absolute Gasteiger partial charge is 0.465 e. The molecule has 0 aliphatic carbocycles. The molecule has 2 aromatic rings. The molecule has 0 fully saturated rings. The molecule has 0 aliphatic heterocycles. The highest BCUT2D eigenvalue weighted by Crippen LogP contribution is 2.29. The van der Waals surface area contributed by atoms with Crippen LogP contribution in [-0.2, 0) is 9.53 Å². The number of hydrogen-bond donors (Lipinski definition) is 0. The average Bonchev–Trinajstić information content (AvgIpc) is 2.79. The van der Waals surface area contributed by atoms with Gasteiger partial charge in [0.05, 0.1) is 6.61 Å². The van der Waals surface area contributed by atoms with Crippen molar-refractivity contribution >= 4 is 29.1 Å². The van der Waals surface area contributed by atoms with Gasteiger partial charge in [0, 0.05) is 12.3 Å². The van der Waals surface area contributed by atoms with E-state index < -0.39 is 0 Å². The molecule has 0 bridgehead atoms. The summed E-state index contributed by atoms with van der Waals surface area (Å²) in [5.41, 5.74) is 1.30. The third-order valence-electron chi connectivity index (χ3n) is 6.35. The van der Waals surface area contributed by atoms with E-state index in [1.165, 1.54) is 61.3 Å². The van der Waals surface area contributed by atoms with Crippen LogP contribution in [0.15, 0.2) is 42.5 Å². The molecular weight excluding hydrogens is 430 g/mol. The van der Waals surface area contributed by atoms with E-state index in [9.17, 15) is 4.79 Å². The van der Waals surface area contributed by atoms with E-state index in [1.807, 2.05) is 0 Å². The van der Waals surface area contributed by atoms with Crippen molar-refractivity contribution in [1.29, 1.82) is 0 Å². The van der Waals surface area contributed by atoms with Crippen LogP contribution in [0, 0.1) is 0 Å². The highest BCUT2D eigenvalue weighted by molar-refractivity contribution is 5.86. The van der Waals surface area contributed by atoms with Gasteiger partial charge in [0.25, 0.3) is 0 Å². The van der Waals surface area contributed by atoms with Gasteiger partial charge in [0.15, 0.2) is 0 Å². The lowest BCUT2D eigenvalue weighted by Crippen LogP contribution is -2.17. The summed E-state index contributed by atoms with van der Waals surface area (Å²) in [6, 6.07) is 15.0. The monoisotopic (exact) mass is 475 g/mol. The van der Waals surface area contributed by atoms with Crippen molar-refractivity contribution < 1.29 is 9.53 Å². The molecule has 0 amide bonds. The molecule has 186 valence electrons. The molecule has 4 heteroatoms. The Morgan fingerprint density at radius 3 is 2.18 bits per heavy atom. The van der Waals surface area contributed by atoms with E-state index in [0.29, 0.717) is 13.0 Å². The van der Waals surface area contributed by atoms with E-state index in [4.69, 9.17) is 4.74 Å². The maximum Gasteiger partial charge on any atom is 0.305 e. The molecular formula is C29H46ClNO2. The maximum absolute atomic E-state index is 12.4. The van der Waals surface area contributed by atoms with Crippen molar-refractivity contribution in [2.45, 2.75) is 89.9 Å². The summed E-state index contributed by atoms with van der Waals surface area (Å²) in [6.45, 7) is 3.79. The first-order valence-corrected chi connectivity index (χ1v) is 12.9. The Morgan fingerprint density at radius 1 is 0.848 bits per heavy atom. The number of carbonyl (C=O) groups excluding carboxylic acids is 1. The Kier molecular flexibility index (Phi) is 15.9. The van der Waals surface area contributed by atoms with Crippen LogP contribution in [0.4, 0.5) is 0 Å². The zero-order chi connectivity index (χ0) is 23.0. The highest BCUT2D eigenvalue weighted by Gasteiger charge is 2.17. The summed E-state index contributed by atoms with van der Waals surface area (Å²) in [7, 11) is 4.22. The number of unbranched alkanes of at least 4 members (excludes halogenated alkanes) is 8. The molecule has 1 atom stereocenters. The molecule has 0 aliphatic rings. The van der Waals surface area contributed by atoms with Gasteiger partial charge in [-0.3, -0.25) is 4.79 Å². The van der Waals surface area contributed by atoms with Crippen LogP contribution in [-0.4, -0.2) is 38.1 Å². The number of fused-ring (bicyclic) bond motifs is 1. The molecule has 0 heterocycles. The van der Waals surface area contributed by atoms with Crippen LogP contribution in [0.3, 0.4) is 0 Å². The summed E-state index contributed by atoms with van der Waals surface area (Å²) in [6.07, 6.45) is 14.0. The molecule has 0 radical (unpaired) electrons. The van der Waals surface area contributed by atoms with Crippen molar-refractivity contribution in [1.82, 2.24) is 4.90 Å². The topological polar surface area (TPSA) is 29.5 Å². The Bertz CT molecular complexity index is 772. The normalized spacial score (nSPS) is 12.0. The number of nitrogens with zero attached hydrogens (tertiary/aromatic N) is 1. The number of benzene rings is 2. The number of esters is 1. The van der Waals surface area contributed by atoms with Gasteiger partial charge in [0.2, 0.25) is 0 Å². The Morgan fingerprint density at radius 2 is 1.48 bits per heavy atom. The summed E-state index contributed by atoms with van der Waals surface area (Å²) in [4.78, 5) is 14.6. The molecule has 0 spiro atoms. The molecule has 0 aromatic heterocycles. The lowest BCUT2D eigenvalue weighted by Gasteiger charge is -2.20. The number of rotatable bonds is 17. The van der Waals surface area contributed by atoms with Crippen molar-refractivity contribution in [2.75, 3.05) is 27.2 Å². The van der Waals surface area contributed by atoms with Crippen LogP contribution >= 0.6 is 12.4 Å². The number of hydrogen-bond acceptors (Lipinski definition) is 3. The SMILES string of the molecule is CCCCCCCCCCCC(=O)OCC(CCCN(C)C)c1cccc2ccccc12.Cl. The third-order valence-corrected chi connectivity index (χ3v) is 6.35. The van der Waals surface area contributed by atoms with Gasteiger partial charge in [-0.2, -0.15) is 0 Å². The Balaban J connectivity index is 0.00000544. The molecule has 33 heavy (non-hydrogen) atoms. The fourth-order valence-corrected chi connectivity index (χ4v) is 4.43. The van der Waals surface area contributed by atoms with E-state index in [-0.39, 0.29) is 24.3 Å². The minimum Gasteiger partial charge on any atom is -0.465 e. The van der Waals surface area contributed by atoms with Crippen LogP contribution in [0.5, 0.6) is 0 Å². The molecule has 0 N–H and O–H groups in total. The van der Waals surface area contributed by atoms with Gasteiger partial charge in [-0.25, -0.2) is 0 Å². The minimum absolute atomic E-state index is 0. The fourth-order valence-electron chi connectivity index (χ4n) is 4.43. The van der Waals surface area contributed by atoms with Crippen molar-refractivity contribution in [3.05, 3.63) is 48.0 Å². The zero-order valence-corrected chi connectivity index (χ0v) is 22.0. The van der Waals surface area contributed by atoms with Gasteiger partial charge >= 0.3 is 5.97 Å². The van der Waals surface area contributed by atoms with Crippen molar-refractivity contribution in [3.63, 3.8) is 0 Å². The summed E-state index contributed by atoms with van der Waals surface area (Å²) >= 11 is 0. The molecule has 0 saturated heterocycles. The maximum atomic E-state index is 12.4. The molecule has 0 saturated carbocycles. The lowest BCUT2D eigenvalue weighted by molar-refractivity contribution is -0.144. The third kappa shape index (κ3) is 11.9. The summed E-state index contributed by atoms with van der Waals surface area (Å²) in [5, 5.41) is 2.53. The van der Waals surface area contributed by atoms with Crippen LogP contribution < -0.4 is 0 Å². The predicted molar refractivity (Wildman–Crippen MR) is 145 cm³/mol. The average molecular weight is 476 g/mol. The number of ether oxygens (including phenoxy) is 1. The molecule has 3 nitrogen and oxygen atoms in total. The molecule has 2 rings (SSSR count). The smallest absolute Gasteiger partial charge is 0.305 e. The van der Waals surface area contributed by atoms with E-state index in [2.05, 4.69) is 68.4 Å². The van der Waals surface area contributed by atoms with E-state index in [0.717, 1.165) is 32.2 Å². The minimum atomic E-state index is -0.0363. The van der Waals surface area contributed by atoms with E-state index >= 15 is 0 Å². The predicted octanol–water partition coefficient (Wildman–Crippen LogP) is 8.15. The Hall–Kier alpha value is -1.58. The van der Waals surface area contributed by atoms with Gasteiger partial charge in [0.1, 0.15) is 0 Å². The second kappa shape index (κ2) is 17.8. The second-order valence-electron chi connectivity index (χ2n) is 9.47. The first-order chi connectivity index (χ1) is 15.6. The van der Waals surface area contributed by atoms with Gasteiger partial charge in [-0.1, -0.05) is 101 Å². The van der Waals surface area contributed by atoms with Crippen LogP contribution in [0.1, 0.15) is 95.5 Å². The summed E-state index contributed by atoms with van der Waals surface area (Å²) < 4.78 is 5.78.